The van der Waals surface area contributed by atoms with Gasteiger partial charge in [0.25, 0.3) is 0 Å². The molecule has 1 N–H and O–H groups in total. The third kappa shape index (κ3) is 3.47. The molecule has 30 heavy (non-hydrogen) atoms. The molecule has 0 radical (unpaired) electrons. The molecule has 4 amide bonds. The minimum atomic E-state index is -0.283. The van der Waals surface area contributed by atoms with Gasteiger partial charge in [0.15, 0.2) is 5.13 Å². The number of hydrogen-bond acceptors (Lipinski definition) is 5. The Kier molecular flexibility index (Phi) is 5.18. The van der Waals surface area contributed by atoms with E-state index in [1.807, 2.05) is 24.3 Å². The molecule has 0 spiro atoms. The van der Waals surface area contributed by atoms with E-state index in [9.17, 15) is 14.4 Å². The number of amides is 4. The van der Waals surface area contributed by atoms with Crippen molar-refractivity contribution in [2.45, 2.75) is 63.5 Å². The van der Waals surface area contributed by atoms with Gasteiger partial charge < -0.3 is 10.2 Å². The number of carbonyl (C=O) groups is 3. The monoisotopic (exact) mass is 426 g/mol. The molecule has 2 saturated carbocycles. The van der Waals surface area contributed by atoms with E-state index in [0.717, 1.165) is 61.6 Å². The molecule has 2 unspecified atom stereocenters. The second-order valence-electron chi connectivity index (χ2n) is 8.55. The maximum absolute atomic E-state index is 13.3. The Bertz CT molecular complexity index is 951. The summed E-state index contributed by atoms with van der Waals surface area (Å²) in [4.78, 5) is 46.9. The number of benzene rings is 1. The fourth-order valence-electron chi connectivity index (χ4n) is 5.25. The second-order valence-corrected chi connectivity index (χ2v) is 9.58. The molecule has 2 heterocycles. The third-order valence-electron chi connectivity index (χ3n) is 6.68. The van der Waals surface area contributed by atoms with Crippen LogP contribution in [0.15, 0.2) is 24.3 Å². The van der Waals surface area contributed by atoms with Gasteiger partial charge in [0.2, 0.25) is 11.8 Å². The molecular weight excluding hydrogens is 400 g/mol. The van der Waals surface area contributed by atoms with Crippen LogP contribution in [-0.2, 0) is 9.59 Å². The number of urea groups is 1. The molecule has 7 nitrogen and oxygen atoms in total. The van der Waals surface area contributed by atoms with Gasteiger partial charge in [-0.2, -0.15) is 0 Å². The summed E-state index contributed by atoms with van der Waals surface area (Å²) in [6.45, 7) is -0.0353. The van der Waals surface area contributed by atoms with Gasteiger partial charge in [0.1, 0.15) is 6.54 Å². The number of hydrogen-bond donors (Lipinski definition) is 1. The zero-order valence-electron chi connectivity index (χ0n) is 16.9. The first kappa shape index (κ1) is 19.5. The summed E-state index contributed by atoms with van der Waals surface area (Å²) in [5.74, 6) is -0.442. The van der Waals surface area contributed by atoms with E-state index >= 15 is 0 Å². The molecule has 8 heteroatoms. The predicted octanol–water partition coefficient (Wildman–Crippen LogP) is 4.00. The average Bonchev–Trinajstić information content (AvgIpc) is 3.39. The van der Waals surface area contributed by atoms with Crippen molar-refractivity contribution in [1.82, 2.24) is 14.8 Å². The first-order valence-electron chi connectivity index (χ1n) is 10.9. The lowest BCUT2D eigenvalue weighted by Gasteiger charge is -2.45. The number of anilines is 1. The largest absolute Gasteiger partial charge is 0.327 e. The molecular formula is C22H26N4O3S. The van der Waals surface area contributed by atoms with Crippen LogP contribution in [0.1, 0.15) is 51.4 Å². The standard InChI is InChI=1S/C22H26N4O3S/c27-19(24-21-23-16-10-4-5-12-18(16)30-21)13-25-17-11-6-9-15(17)20(28)26(22(25)29)14-7-2-1-3-8-14/h4-5,10,12,14-15,17H,1-3,6-9,11,13H2,(H,23,24,27). The smallest absolute Gasteiger partial charge is 0.311 e. The second kappa shape index (κ2) is 7.98. The first-order chi connectivity index (χ1) is 14.6. The Hall–Kier alpha value is -2.48. The summed E-state index contributed by atoms with van der Waals surface area (Å²) >= 11 is 1.42. The minimum Gasteiger partial charge on any atom is -0.311 e. The van der Waals surface area contributed by atoms with Gasteiger partial charge in [-0.15, -0.1) is 0 Å². The van der Waals surface area contributed by atoms with E-state index < -0.39 is 0 Å². The lowest BCUT2D eigenvalue weighted by molar-refractivity contribution is -0.141. The molecule has 2 aliphatic carbocycles. The van der Waals surface area contributed by atoms with Gasteiger partial charge >= 0.3 is 6.03 Å². The highest BCUT2D eigenvalue weighted by atomic mass is 32.1. The van der Waals surface area contributed by atoms with Gasteiger partial charge in [0, 0.05) is 12.1 Å². The zero-order valence-corrected chi connectivity index (χ0v) is 17.7. The third-order valence-corrected chi connectivity index (χ3v) is 7.63. The lowest BCUT2D eigenvalue weighted by Crippen LogP contribution is -2.64. The number of nitrogens with one attached hydrogen (secondary N) is 1. The fourth-order valence-corrected chi connectivity index (χ4v) is 6.14. The summed E-state index contributed by atoms with van der Waals surface area (Å²) < 4.78 is 1.01. The van der Waals surface area contributed by atoms with E-state index in [2.05, 4.69) is 10.3 Å². The van der Waals surface area contributed by atoms with Crippen LogP contribution in [0.25, 0.3) is 10.2 Å². The Morgan fingerprint density at radius 3 is 2.67 bits per heavy atom. The highest BCUT2D eigenvalue weighted by molar-refractivity contribution is 7.22. The SMILES string of the molecule is O=C(CN1C(=O)N(C2CCCCC2)C(=O)C2CCCC21)Nc1nc2ccccc2s1. The number of rotatable bonds is 4. The maximum atomic E-state index is 13.3. The molecule has 2 aromatic rings. The van der Waals surface area contributed by atoms with Crippen LogP contribution in [0.2, 0.25) is 0 Å². The Balaban J connectivity index is 1.34. The number of thiazole rings is 1. The van der Waals surface area contributed by atoms with Gasteiger partial charge in [-0.05, 0) is 37.8 Å². The van der Waals surface area contributed by atoms with E-state index in [4.69, 9.17) is 0 Å². The molecule has 2 atom stereocenters. The molecule has 0 bridgehead atoms. The Morgan fingerprint density at radius 2 is 1.87 bits per heavy atom. The van der Waals surface area contributed by atoms with Crippen LogP contribution >= 0.6 is 11.3 Å². The molecule has 158 valence electrons. The molecule has 1 saturated heterocycles. The van der Waals surface area contributed by atoms with Crippen molar-refractivity contribution in [1.29, 1.82) is 0 Å². The van der Waals surface area contributed by atoms with Gasteiger partial charge in [-0.25, -0.2) is 9.78 Å². The van der Waals surface area contributed by atoms with Crippen molar-refractivity contribution in [3.63, 3.8) is 0 Å². The Labute approximate surface area is 179 Å². The van der Waals surface area contributed by atoms with Crippen molar-refractivity contribution in [2.24, 2.45) is 5.92 Å². The van der Waals surface area contributed by atoms with Crippen LogP contribution in [0.3, 0.4) is 0 Å². The van der Waals surface area contributed by atoms with Crippen molar-refractivity contribution in [3.05, 3.63) is 24.3 Å². The molecule has 3 fully saturated rings. The van der Waals surface area contributed by atoms with Crippen LogP contribution in [0.5, 0.6) is 0 Å². The number of imide groups is 1. The van der Waals surface area contributed by atoms with E-state index in [0.29, 0.717) is 5.13 Å². The van der Waals surface area contributed by atoms with Crippen LogP contribution in [0, 0.1) is 5.92 Å². The average molecular weight is 427 g/mol. The number of para-hydroxylation sites is 1. The number of nitrogens with zero attached hydrogens (tertiary/aromatic N) is 3. The van der Waals surface area contributed by atoms with Crippen LogP contribution < -0.4 is 5.32 Å². The topological polar surface area (TPSA) is 82.6 Å². The first-order valence-corrected chi connectivity index (χ1v) is 11.7. The predicted molar refractivity (Wildman–Crippen MR) is 115 cm³/mol. The van der Waals surface area contributed by atoms with Crippen molar-refractivity contribution < 1.29 is 14.4 Å². The summed E-state index contributed by atoms with van der Waals surface area (Å²) in [5, 5.41) is 3.39. The number of aromatic nitrogens is 1. The number of fused-ring (bicyclic) bond motifs is 2. The van der Waals surface area contributed by atoms with Gasteiger partial charge in [0.05, 0.1) is 16.1 Å². The molecule has 1 aliphatic heterocycles. The minimum absolute atomic E-state index is 0.0165. The summed E-state index contributed by atoms with van der Waals surface area (Å²) in [6.07, 6.45) is 7.52. The van der Waals surface area contributed by atoms with Crippen molar-refractivity contribution in [3.8, 4) is 0 Å². The van der Waals surface area contributed by atoms with Gasteiger partial charge in [-0.1, -0.05) is 49.2 Å². The number of carbonyl (C=O) groups excluding carboxylic acids is 3. The molecule has 5 rings (SSSR count). The molecule has 1 aromatic carbocycles. The fraction of sp³-hybridized carbons (Fsp3) is 0.545. The van der Waals surface area contributed by atoms with E-state index in [-0.39, 0.29) is 42.4 Å². The highest BCUT2D eigenvalue weighted by Crippen LogP contribution is 2.38. The van der Waals surface area contributed by atoms with Crippen LogP contribution in [0.4, 0.5) is 9.93 Å². The van der Waals surface area contributed by atoms with E-state index in [1.54, 1.807) is 4.90 Å². The van der Waals surface area contributed by atoms with Gasteiger partial charge in [-0.3, -0.25) is 14.5 Å². The normalized spacial score (nSPS) is 25.1. The lowest BCUT2D eigenvalue weighted by atomic mass is 9.90. The Morgan fingerprint density at radius 1 is 1.07 bits per heavy atom. The maximum Gasteiger partial charge on any atom is 0.327 e. The van der Waals surface area contributed by atoms with E-state index in [1.165, 1.54) is 16.2 Å². The van der Waals surface area contributed by atoms with Crippen LogP contribution in [-0.4, -0.2) is 51.3 Å². The summed E-state index contributed by atoms with van der Waals surface area (Å²) in [7, 11) is 0. The molecule has 3 aliphatic rings. The highest BCUT2D eigenvalue weighted by Gasteiger charge is 2.50. The quantitative estimate of drug-likeness (QED) is 0.801. The molecule has 1 aromatic heterocycles. The zero-order chi connectivity index (χ0) is 20.7. The van der Waals surface area contributed by atoms with Crippen molar-refractivity contribution in [2.75, 3.05) is 11.9 Å². The van der Waals surface area contributed by atoms with Crippen molar-refractivity contribution >= 4 is 44.5 Å². The summed E-state index contributed by atoms with van der Waals surface area (Å²) in [5.41, 5.74) is 0.844. The summed E-state index contributed by atoms with van der Waals surface area (Å²) in [6, 6.07) is 7.27.